The summed E-state index contributed by atoms with van der Waals surface area (Å²) in [6, 6.07) is 13.6. The van der Waals surface area contributed by atoms with Crippen LogP contribution in [0, 0.1) is 6.92 Å². The zero-order valence-electron chi connectivity index (χ0n) is 19.7. The van der Waals surface area contributed by atoms with Crippen molar-refractivity contribution in [3.8, 4) is 11.5 Å². The van der Waals surface area contributed by atoms with Gasteiger partial charge >= 0.3 is 0 Å². The summed E-state index contributed by atoms with van der Waals surface area (Å²) in [7, 11) is 0. The Kier molecular flexibility index (Phi) is 5.69. The number of ether oxygens (including phenoxy) is 2. The summed E-state index contributed by atoms with van der Waals surface area (Å²) in [5.74, 6) is 2.13. The van der Waals surface area contributed by atoms with E-state index in [1.807, 2.05) is 49.4 Å². The fraction of sp³-hybridized carbons (Fsp3) is 0.385. The third kappa shape index (κ3) is 4.16. The van der Waals surface area contributed by atoms with Crippen LogP contribution in [-0.4, -0.2) is 50.0 Å². The molecule has 9 nitrogen and oxygen atoms in total. The van der Waals surface area contributed by atoms with Crippen molar-refractivity contribution in [3.05, 3.63) is 75.3 Å². The van der Waals surface area contributed by atoms with Crippen LogP contribution < -0.4 is 15.0 Å². The van der Waals surface area contributed by atoms with E-state index in [0.717, 1.165) is 59.5 Å². The molecule has 0 unspecified atom stereocenters. The molecule has 35 heavy (non-hydrogen) atoms. The first-order valence-corrected chi connectivity index (χ1v) is 12.2. The van der Waals surface area contributed by atoms with E-state index >= 15 is 0 Å². The topological polar surface area (TPSA) is 98.2 Å². The van der Waals surface area contributed by atoms with Gasteiger partial charge in [-0.3, -0.25) is 9.69 Å². The number of aromatic amines is 1. The predicted molar refractivity (Wildman–Crippen MR) is 131 cm³/mol. The molecule has 0 spiro atoms. The van der Waals surface area contributed by atoms with Gasteiger partial charge < -0.3 is 14.5 Å². The number of fused-ring (bicyclic) bond motifs is 2. The first-order chi connectivity index (χ1) is 17.2. The highest BCUT2D eigenvalue weighted by Gasteiger charge is 2.31. The number of aryl methyl sites for hydroxylation is 1. The molecule has 1 saturated heterocycles. The monoisotopic (exact) mass is 472 g/mol. The van der Waals surface area contributed by atoms with Gasteiger partial charge in [0.2, 0.25) is 6.79 Å². The van der Waals surface area contributed by atoms with E-state index in [2.05, 4.69) is 25.4 Å². The van der Waals surface area contributed by atoms with Crippen LogP contribution in [0.25, 0.3) is 10.9 Å². The Balaban J connectivity index is 1.44. The lowest BCUT2D eigenvalue weighted by molar-refractivity contribution is 0.174. The quantitative estimate of drug-likeness (QED) is 0.474. The number of hydrogen-bond acceptors (Lipinski definition) is 7. The molecule has 1 atom stereocenters. The predicted octanol–water partition coefficient (Wildman–Crippen LogP) is 3.57. The standard InChI is InChI=1S/C26H28N6O3/c1-17-7-6-8-19-14-20(26(33)27-23(17)19)24(31-11-4-2-3-5-12-31)25-28-29-30-32(25)15-18-9-10-21-22(13-18)35-16-34-21/h6-10,13-14,24H,2-5,11-12,15-16H2,1H3,(H,27,33)/t24-/m1/s1. The van der Waals surface area contributed by atoms with Crippen molar-refractivity contribution in [3.63, 3.8) is 0 Å². The Bertz CT molecular complexity index is 1420. The van der Waals surface area contributed by atoms with E-state index in [4.69, 9.17) is 9.47 Å². The van der Waals surface area contributed by atoms with Crippen LogP contribution in [0.3, 0.4) is 0 Å². The minimum Gasteiger partial charge on any atom is -0.454 e. The van der Waals surface area contributed by atoms with Crippen molar-refractivity contribution in [1.82, 2.24) is 30.1 Å². The average Bonchev–Trinajstić information content (AvgIpc) is 3.43. The van der Waals surface area contributed by atoms with Crippen LogP contribution in [0.1, 0.15) is 54.2 Å². The Hall–Kier alpha value is -3.72. The number of aromatic nitrogens is 5. The van der Waals surface area contributed by atoms with Gasteiger partial charge in [0.15, 0.2) is 17.3 Å². The van der Waals surface area contributed by atoms with Gasteiger partial charge in [-0.1, -0.05) is 37.1 Å². The van der Waals surface area contributed by atoms with Crippen molar-refractivity contribution < 1.29 is 9.47 Å². The molecule has 6 rings (SSSR count). The number of benzene rings is 2. The third-order valence-electron chi connectivity index (χ3n) is 6.99. The molecule has 0 amide bonds. The van der Waals surface area contributed by atoms with E-state index in [1.165, 1.54) is 12.8 Å². The van der Waals surface area contributed by atoms with Crippen LogP contribution in [0.5, 0.6) is 11.5 Å². The van der Waals surface area contributed by atoms with E-state index in [9.17, 15) is 4.79 Å². The molecule has 4 heterocycles. The third-order valence-corrected chi connectivity index (χ3v) is 6.99. The smallest absolute Gasteiger partial charge is 0.253 e. The van der Waals surface area contributed by atoms with E-state index in [0.29, 0.717) is 17.9 Å². The van der Waals surface area contributed by atoms with Crippen LogP contribution in [0.4, 0.5) is 0 Å². The van der Waals surface area contributed by atoms with Crippen molar-refractivity contribution in [2.45, 2.75) is 45.2 Å². The molecule has 0 bridgehead atoms. The highest BCUT2D eigenvalue weighted by atomic mass is 16.7. The van der Waals surface area contributed by atoms with Gasteiger partial charge in [-0.2, -0.15) is 0 Å². The maximum Gasteiger partial charge on any atom is 0.253 e. The largest absolute Gasteiger partial charge is 0.454 e. The maximum absolute atomic E-state index is 13.5. The number of likely N-dealkylation sites (tertiary alicyclic amines) is 1. The molecule has 1 N–H and O–H groups in total. The van der Waals surface area contributed by atoms with E-state index in [1.54, 1.807) is 4.68 Å². The first kappa shape index (κ1) is 21.8. The van der Waals surface area contributed by atoms with E-state index in [-0.39, 0.29) is 18.4 Å². The number of H-pyrrole nitrogens is 1. The summed E-state index contributed by atoms with van der Waals surface area (Å²) in [5.41, 5.74) is 3.49. The van der Waals surface area contributed by atoms with Gasteiger partial charge in [0.05, 0.1) is 12.1 Å². The number of hydrogen-bond donors (Lipinski definition) is 1. The van der Waals surface area contributed by atoms with Gasteiger partial charge in [0.25, 0.3) is 5.56 Å². The minimum absolute atomic E-state index is 0.0984. The molecule has 9 heteroatoms. The lowest BCUT2D eigenvalue weighted by atomic mass is 10.0. The number of nitrogens with zero attached hydrogens (tertiary/aromatic N) is 5. The molecular formula is C26H28N6O3. The average molecular weight is 473 g/mol. The first-order valence-electron chi connectivity index (χ1n) is 12.2. The SMILES string of the molecule is Cc1cccc2cc([C@H](c3nnnn3Cc3ccc4c(c3)OCO4)N3CCCCCC3)c(=O)[nH]c12. The van der Waals surface area contributed by atoms with Crippen LogP contribution in [-0.2, 0) is 6.54 Å². The van der Waals surface area contributed by atoms with Crippen molar-refractivity contribution in [2.75, 3.05) is 19.9 Å². The second-order valence-electron chi connectivity index (χ2n) is 9.33. The molecule has 2 aliphatic heterocycles. The van der Waals surface area contributed by atoms with Crippen LogP contribution in [0.2, 0.25) is 0 Å². The van der Waals surface area contributed by atoms with Crippen molar-refractivity contribution in [1.29, 1.82) is 0 Å². The van der Waals surface area contributed by atoms with Gasteiger partial charge in [0.1, 0.15) is 6.04 Å². The number of rotatable bonds is 5. The normalized spacial score (nSPS) is 16.9. The summed E-state index contributed by atoms with van der Waals surface area (Å²) in [5, 5.41) is 13.8. The Morgan fingerprint density at radius 1 is 1.03 bits per heavy atom. The van der Waals surface area contributed by atoms with Crippen LogP contribution >= 0.6 is 0 Å². The second kappa shape index (κ2) is 9.14. The molecule has 180 valence electrons. The number of pyridine rings is 1. The molecule has 0 radical (unpaired) electrons. The summed E-state index contributed by atoms with van der Waals surface area (Å²) >= 11 is 0. The molecule has 2 aromatic carbocycles. The Morgan fingerprint density at radius 3 is 2.71 bits per heavy atom. The summed E-state index contributed by atoms with van der Waals surface area (Å²) in [6.45, 7) is 4.50. The summed E-state index contributed by atoms with van der Waals surface area (Å²) < 4.78 is 12.8. The molecule has 1 fully saturated rings. The number of tetrazole rings is 1. The lowest BCUT2D eigenvalue weighted by Crippen LogP contribution is -2.36. The van der Waals surface area contributed by atoms with Gasteiger partial charge in [-0.15, -0.1) is 5.10 Å². The van der Waals surface area contributed by atoms with Gasteiger partial charge in [-0.25, -0.2) is 4.68 Å². The van der Waals surface area contributed by atoms with Gasteiger partial charge in [0, 0.05) is 5.56 Å². The fourth-order valence-corrected chi connectivity index (χ4v) is 5.19. The minimum atomic E-state index is -0.342. The van der Waals surface area contributed by atoms with Crippen molar-refractivity contribution >= 4 is 10.9 Å². The maximum atomic E-state index is 13.5. The highest BCUT2D eigenvalue weighted by Crippen LogP contribution is 2.33. The lowest BCUT2D eigenvalue weighted by Gasteiger charge is -2.29. The zero-order chi connectivity index (χ0) is 23.8. The Labute approximate surface area is 202 Å². The second-order valence-corrected chi connectivity index (χ2v) is 9.33. The number of para-hydroxylation sites is 1. The number of nitrogens with one attached hydrogen (secondary N) is 1. The summed E-state index contributed by atoms with van der Waals surface area (Å²) in [4.78, 5) is 19.0. The molecule has 2 aliphatic rings. The van der Waals surface area contributed by atoms with Crippen LogP contribution in [0.15, 0.2) is 47.3 Å². The Morgan fingerprint density at radius 2 is 1.86 bits per heavy atom. The molecule has 0 aliphatic carbocycles. The molecule has 0 saturated carbocycles. The fourth-order valence-electron chi connectivity index (χ4n) is 5.19. The zero-order valence-corrected chi connectivity index (χ0v) is 19.7. The molecule has 4 aromatic rings. The van der Waals surface area contributed by atoms with E-state index < -0.39 is 0 Å². The molecular weight excluding hydrogens is 444 g/mol. The highest BCUT2D eigenvalue weighted by molar-refractivity contribution is 5.82. The molecule has 2 aromatic heterocycles. The van der Waals surface area contributed by atoms with Crippen molar-refractivity contribution in [2.24, 2.45) is 0 Å². The van der Waals surface area contributed by atoms with Gasteiger partial charge in [-0.05, 0) is 78.0 Å². The summed E-state index contributed by atoms with van der Waals surface area (Å²) in [6.07, 6.45) is 4.56.